The Kier molecular flexibility index (Phi) is 4.89. The normalized spacial score (nSPS) is 23.7. The van der Waals surface area contributed by atoms with Gasteiger partial charge in [0.1, 0.15) is 0 Å². The van der Waals surface area contributed by atoms with E-state index in [1.807, 2.05) is 9.80 Å². The number of amides is 1. The molecule has 4 heterocycles. The van der Waals surface area contributed by atoms with Gasteiger partial charge in [0.2, 0.25) is 5.91 Å². The van der Waals surface area contributed by atoms with Gasteiger partial charge in [-0.05, 0) is 25.5 Å². The monoisotopic (exact) mass is 423 g/mol. The zero-order valence-corrected chi connectivity index (χ0v) is 17.1. The van der Waals surface area contributed by atoms with Crippen molar-refractivity contribution in [3.05, 3.63) is 35.9 Å². The molecule has 0 bridgehead atoms. The Morgan fingerprint density at radius 2 is 1.83 bits per heavy atom. The number of imidazole rings is 1. The van der Waals surface area contributed by atoms with Gasteiger partial charge >= 0.3 is 6.18 Å². The standard InChI is InChI=1S/C20H24F3N5O2/c1-19(2)17(29)16(18(30)25(19)3)27-6-4-26(5-7-27)10-13-8-14(20(21,22)23)11-28-12-24-9-15(13)28/h8-9,11-12,16H,4-7,10H2,1-3H3. The van der Waals surface area contributed by atoms with Crippen molar-refractivity contribution in [1.29, 1.82) is 0 Å². The molecule has 2 aromatic rings. The molecule has 30 heavy (non-hydrogen) atoms. The van der Waals surface area contributed by atoms with Crippen molar-refractivity contribution < 1.29 is 22.8 Å². The largest absolute Gasteiger partial charge is 0.417 e. The van der Waals surface area contributed by atoms with E-state index in [0.29, 0.717) is 43.8 Å². The Morgan fingerprint density at radius 1 is 1.17 bits per heavy atom. The average molecular weight is 423 g/mol. The van der Waals surface area contributed by atoms with Crippen molar-refractivity contribution in [2.75, 3.05) is 33.2 Å². The molecule has 0 aromatic carbocycles. The third kappa shape index (κ3) is 3.37. The minimum Gasteiger partial charge on any atom is -0.332 e. The van der Waals surface area contributed by atoms with Gasteiger partial charge < -0.3 is 9.30 Å². The van der Waals surface area contributed by atoms with Gasteiger partial charge in [0, 0.05) is 46.0 Å². The average Bonchev–Trinajstić information content (AvgIpc) is 3.21. The molecule has 1 atom stereocenters. The number of ketones is 1. The number of hydrogen-bond donors (Lipinski definition) is 0. The van der Waals surface area contributed by atoms with Gasteiger partial charge in [0.25, 0.3) is 0 Å². The van der Waals surface area contributed by atoms with E-state index in [-0.39, 0.29) is 11.7 Å². The number of pyridine rings is 1. The van der Waals surface area contributed by atoms with Crippen molar-refractivity contribution in [3.8, 4) is 0 Å². The lowest BCUT2D eigenvalue weighted by Crippen LogP contribution is -2.54. The van der Waals surface area contributed by atoms with E-state index in [1.54, 1.807) is 27.1 Å². The van der Waals surface area contributed by atoms with Crippen LogP contribution in [0.1, 0.15) is 25.0 Å². The molecule has 0 N–H and O–H groups in total. The summed E-state index contributed by atoms with van der Waals surface area (Å²) >= 11 is 0. The van der Waals surface area contributed by atoms with Crippen molar-refractivity contribution in [2.24, 2.45) is 0 Å². The van der Waals surface area contributed by atoms with Gasteiger partial charge in [0.05, 0.1) is 29.1 Å². The van der Waals surface area contributed by atoms with Gasteiger partial charge in [-0.1, -0.05) is 0 Å². The number of likely N-dealkylation sites (N-methyl/N-ethyl adjacent to an activating group) is 1. The summed E-state index contributed by atoms with van der Waals surface area (Å²) < 4.78 is 41.1. The molecule has 1 unspecified atom stereocenters. The minimum absolute atomic E-state index is 0.109. The molecule has 2 aromatic heterocycles. The first-order valence-electron chi connectivity index (χ1n) is 9.80. The van der Waals surface area contributed by atoms with Crippen LogP contribution in [-0.2, 0) is 22.3 Å². The van der Waals surface area contributed by atoms with Crippen LogP contribution < -0.4 is 0 Å². The zero-order chi connectivity index (χ0) is 21.8. The maximum atomic E-state index is 13.3. The van der Waals surface area contributed by atoms with Gasteiger partial charge in [-0.3, -0.25) is 19.4 Å². The summed E-state index contributed by atoms with van der Waals surface area (Å²) in [6.07, 6.45) is -0.478. The Hall–Kier alpha value is -2.46. The lowest BCUT2D eigenvalue weighted by molar-refractivity contribution is -0.138. The number of alkyl halides is 3. The first kappa shape index (κ1) is 20.8. The topological polar surface area (TPSA) is 61.2 Å². The molecule has 0 radical (unpaired) electrons. The zero-order valence-electron chi connectivity index (χ0n) is 17.1. The van der Waals surface area contributed by atoms with Gasteiger partial charge in [0.15, 0.2) is 11.8 Å². The van der Waals surface area contributed by atoms with Gasteiger partial charge in [-0.2, -0.15) is 13.2 Å². The van der Waals surface area contributed by atoms with E-state index in [0.717, 1.165) is 6.20 Å². The van der Waals surface area contributed by atoms with E-state index in [2.05, 4.69) is 4.98 Å². The number of fused-ring (bicyclic) bond motifs is 1. The Morgan fingerprint density at radius 3 is 2.40 bits per heavy atom. The lowest BCUT2D eigenvalue weighted by atomic mass is 9.97. The van der Waals surface area contributed by atoms with Crippen LogP contribution in [0.5, 0.6) is 0 Å². The Balaban J connectivity index is 1.48. The number of Topliss-reactive ketones (excluding diaryl/α,β-unsaturated/α-hetero) is 1. The summed E-state index contributed by atoms with van der Waals surface area (Å²) in [4.78, 5) is 34.7. The van der Waals surface area contributed by atoms with E-state index < -0.39 is 23.3 Å². The smallest absolute Gasteiger partial charge is 0.332 e. The molecule has 2 saturated heterocycles. The number of piperazine rings is 1. The molecule has 0 aliphatic carbocycles. The predicted octanol–water partition coefficient (Wildman–Crippen LogP) is 1.66. The van der Waals surface area contributed by atoms with Crippen LogP contribution in [0, 0.1) is 0 Å². The van der Waals surface area contributed by atoms with E-state index in [4.69, 9.17) is 0 Å². The SMILES string of the molecule is CN1C(=O)C(N2CCN(Cc3cc(C(F)(F)F)cn4cncc34)CC2)C(=O)C1(C)C. The molecule has 10 heteroatoms. The van der Waals surface area contributed by atoms with Crippen LogP contribution in [0.25, 0.3) is 5.52 Å². The second kappa shape index (κ2) is 7.05. The predicted molar refractivity (Wildman–Crippen MR) is 103 cm³/mol. The summed E-state index contributed by atoms with van der Waals surface area (Å²) in [6, 6.07) is 0.396. The van der Waals surface area contributed by atoms with E-state index in [9.17, 15) is 22.8 Å². The lowest BCUT2D eigenvalue weighted by Gasteiger charge is -2.36. The summed E-state index contributed by atoms with van der Waals surface area (Å²) in [5.41, 5.74) is -0.362. The maximum absolute atomic E-state index is 13.3. The van der Waals surface area contributed by atoms with Crippen LogP contribution >= 0.6 is 0 Å². The number of carbonyl (C=O) groups excluding carboxylic acids is 2. The molecule has 2 fully saturated rings. The molecular formula is C20H24F3N5O2. The number of rotatable bonds is 3. The van der Waals surface area contributed by atoms with Crippen molar-refractivity contribution in [2.45, 2.75) is 38.1 Å². The van der Waals surface area contributed by atoms with E-state index in [1.165, 1.54) is 21.7 Å². The van der Waals surface area contributed by atoms with Crippen LogP contribution in [-0.4, -0.2) is 80.6 Å². The second-order valence-electron chi connectivity index (χ2n) is 8.47. The fourth-order valence-corrected chi connectivity index (χ4v) is 4.20. The first-order chi connectivity index (χ1) is 14.0. The van der Waals surface area contributed by atoms with Crippen LogP contribution in [0.3, 0.4) is 0 Å². The number of nitrogens with zero attached hydrogens (tertiary/aromatic N) is 5. The van der Waals surface area contributed by atoms with E-state index >= 15 is 0 Å². The molecule has 4 rings (SSSR count). The molecule has 7 nitrogen and oxygen atoms in total. The number of carbonyl (C=O) groups is 2. The van der Waals surface area contributed by atoms with Crippen molar-refractivity contribution in [3.63, 3.8) is 0 Å². The fourth-order valence-electron chi connectivity index (χ4n) is 4.20. The highest BCUT2D eigenvalue weighted by atomic mass is 19.4. The van der Waals surface area contributed by atoms with Crippen molar-refractivity contribution >= 4 is 17.2 Å². The Bertz CT molecular complexity index is 992. The second-order valence-corrected chi connectivity index (χ2v) is 8.47. The molecule has 0 spiro atoms. The number of hydrogen-bond acceptors (Lipinski definition) is 5. The third-order valence-corrected chi connectivity index (χ3v) is 6.35. The highest BCUT2D eigenvalue weighted by Gasteiger charge is 2.53. The van der Waals surface area contributed by atoms with Gasteiger partial charge in [-0.15, -0.1) is 0 Å². The number of likely N-dealkylation sites (tertiary alicyclic amines) is 1. The minimum atomic E-state index is -4.44. The van der Waals surface area contributed by atoms with Gasteiger partial charge in [-0.25, -0.2) is 4.98 Å². The Labute approximate surface area is 172 Å². The number of aromatic nitrogens is 2. The maximum Gasteiger partial charge on any atom is 0.417 e. The third-order valence-electron chi connectivity index (χ3n) is 6.35. The highest BCUT2D eigenvalue weighted by Crippen LogP contribution is 2.32. The first-order valence-corrected chi connectivity index (χ1v) is 9.80. The number of halogens is 3. The van der Waals surface area contributed by atoms with Crippen LogP contribution in [0.2, 0.25) is 0 Å². The van der Waals surface area contributed by atoms with Crippen LogP contribution in [0.4, 0.5) is 13.2 Å². The molecular weight excluding hydrogens is 399 g/mol. The summed E-state index contributed by atoms with van der Waals surface area (Å²) in [5, 5.41) is 0. The molecule has 2 aliphatic rings. The fraction of sp³-hybridized carbons (Fsp3) is 0.550. The summed E-state index contributed by atoms with van der Waals surface area (Å²) in [6.45, 7) is 5.93. The quantitative estimate of drug-likeness (QED) is 0.703. The van der Waals surface area contributed by atoms with Crippen molar-refractivity contribution in [1.82, 2.24) is 24.1 Å². The summed E-state index contributed by atoms with van der Waals surface area (Å²) in [7, 11) is 1.64. The highest BCUT2D eigenvalue weighted by molar-refractivity contribution is 6.15. The molecule has 1 amide bonds. The molecule has 162 valence electrons. The molecule has 0 saturated carbocycles. The summed E-state index contributed by atoms with van der Waals surface area (Å²) in [5.74, 6) is -0.306. The van der Waals surface area contributed by atoms with Crippen LogP contribution in [0.15, 0.2) is 24.8 Å². The molecule has 2 aliphatic heterocycles.